The van der Waals surface area contributed by atoms with Crippen molar-refractivity contribution in [3.05, 3.63) is 22.8 Å². The van der Waals surface area contributed by atoms with Gasteiger partial charge in [-0.1, -0.05) is 40.5 Å². The Morgan fingerprint density at radius 1 is 1.05 bits per heavy atom. The molecule has 1 unspecified atom stereocenters. The molecule has 0 spiro atoms. The Morgan fingerprint density at radius 3 is 1.79 bits per heavy atom. The van der Waals surface area contributed by atoms with Gasteiger partial charge in [-0.15, -0.1) is 12.5 Å². The van der Waals surface area contributed by atoms with Crippen LogP contribution in [-0.4, -0.2) is 13.1 Å². The first kappa shape index (κ1) is 17.9. The van der Waals surface area contributed by atoms with E-state index in [1.807, 2.05) is 0 Å². The summed E-state index contributed by atoms with van der Waals surface area (Å²) in [5.41, 5.74) is 4.58. The van der Waals surface area contributed by atoms with E-state index >= 15 is 0 Å². The van der Waals surface area contributed by atoms with Crippen molar-refractivity contribution in [2.75, 3.05) is 0 Å². The molecule has 0 aromatic carbocycles. The number of allylic oxidation sites excluding steroid dienone is 4. The summed E-state index contributed by atoms with van der Waals surface area (Å²) >= 11 is -2.97. The molecule has 0 aromatic rings. The molecule has 0 aliphatic heterocycles. The summed E-state index contributed by atoms with van der Waals surface area (Å²) in [6.07, 6.45) is 3.51. The van der Waals surface area contributed by atoms with Crippen LogP contribution in [0.25, 0.3) is 0 Å². The molecule has 19 heavy (non-hydrogen) atoms. The van der Waals surface area contributed by atoms with E-state index in [2.05, 4.69) is 47.6 Å². The van der Waals surface area contributed by atoms with Crippen LogP contribution >= 0.6 is 0 Å². The summed E-state index contributed by atoms with van der Waals surface area (Å²) in [4.78, 5) is 28.2. The summed E-state index contributed by atoms with van der Waals surface area (Å²) < 4.78 is 3.87. The van der Waals surface area contributed by atoms with E-state index in [1.165, 1.54) is 29.8 Å². The van der Waals surface area contributed by atoms with Crippen LogP contribution in [0.1, 0.15) is 41.5 Å². The van der Waals surface area contributed by atoms with Crippen molar-refractivity contribution in [2.24, 2.45) is 11.3 Å². The van der Waals surface area contributed by atoms with E-state index in [0.29, 0.717) is 11.3 Å². The van der Waals surface area contributed by atoms with Crippen molar-refractivity contribution < 1.29 is 29.8 Å². The normalized spacial score (nSPS) is 20.1. The third-order valence-corrected chi connectivity index (χ3v) is 5.50. The van der Waals surface area contributed by atoms with Gasteiger partial charge in [0.15, 0.2) is 0 Å². The third kappa shape index (κ3) is 4.48. The van der Waals surface area contributed by atoms with Gasteiger partial charge >= 0.3 is 42.8 Å². The average molecular weight is 434 g/mol. The van der Waals surface area contributed by atoms with Crippen LogP contribution in [0.5, 0.6) is 0 Å². The zero-order valence-electron chi connectivity index (χ0n) is 12.2. The van der Waals surface area contributed by atoms with Gasteiger partial charge in [-0.3, -0.25) is 6.08 Å². The van der Waals surface area contributed by atoms with Crippen molar-refractivity contribution in [3.63, 3.8) is 0 Å². The summed E-state index contributed by atoms with van der Waals surface area (Å²) in [5, 5.41) is 0. The maximum atomic E-state index is 9.40. The summed E-state index contributed by atoms with van der Waals surface area (Å²) in [6.45, 7) is 13.5. The van der Waals surface area contributed by atoms with Crippen LogP contribution < -0.4 is 0 Å². The number of hydrogen-bond acceptors (Lipinski definition) is 3. The van der Waals surface area contributed by atoms with Gasteiger partial charge in [0.2, 0.25) is 0 Å². The van der Waals surface area contributed by atoms with Gasteiger partial charge in [-0.05, 0) is 5.41 Å². The molecule has 1 atom stereocenters. The first-order chi connectivity index (χ1) is 8.72. The standard InChI is InChI=1S/C12H19.3CO.Re/c1-8-7-9(2)12(5,6)11(4)10(8)3;3*1-2;/h9H,1-6H3;;;;/q-1;;;;. The van der Waals surface area contributed by atoms with Gasteiger partial charge in [0.05, 0.1) is 0 Å². The van der Waals surface area contributed by atoms with Crippen molar-refractivity contribution >= 4 is 13.1 Å². The van der Waals surface area contributed by atoms with Gasteiger partial charge in [-0.2, -0.15) is 5.57 Å². The summed E-state index contributed by atoms with van der Waals surface area (Å²) in [6, 6.07) is 0. The van der Waals surface area contributed by atoms with Gasteiger partial charge < -0.3 is 0 Å². The zero-order valence-corrected chi connectivity index (χ0v) is 14.9. The Kier molecular flexibility index (Phi) is 7.03. The first-order valence-corrected chi connectivity index (χ1v) is 9.91. The Labute approximate surface area is 118 Å². The van der Waals surface area contributed by atoms with Gasteiger partial charge in [0, 0.05) is 0 Å². The minimum atomic E-state index is -2.97. The molecule has 1 rings (SSSR count). The van der Waals surface area contributed by atoms with E-state index in [4.69, 9.17) is 0 Å². The summed E-state index contributed by atoms with van der Waals surface area (Å²) in [5.74, 6) is 0.543. The van der Waals surface area contributed by atoms with E-state index in [0.717, 1.165) is 0 Å². The minimum absolute atomic E-state index is 0.295. The molecule has 0 bridgehead atoms. The molecule has 105 valence electrons. The summed E-state index contributed by atoms with van der Waals surface area (Å²) in [7, 11) is 0. The molecule has 0 aromatic heterocycles. The van der Waals surface area contributed by atoms with Crippen LogP contribution in [0.2, 0.25) is 0 Å². The molecule has 1 aliphatic carbocycles. The van der Waals surface area contributed by atoms with Crippen LogP contribution in [0.15, 0.2) is 16.7 Å². The monoisotopic (exact) mass is 434 g/mol. The molecular formula is C15H19O3Re-. The van der Waals surface area contributed by atoms with Crippen molar-refractivity contribution in [1.29, 1.82) is 0 Å². The molecular weight excluding hydrogens is 414 g/mol. The fraction of sp³-hybridized carbons (Fsp3) is 0.533. The molecule has 0 amide bonds. The van der Waals surface area contributed by atoms with E-state index in [1.54, 1.807) is 0 Å². The second-order valence-electron chi connectivity index (χ2n) is 4.98. The molecule has 3 nitrogen and oxygen atoms in total. The van der Waals surface area contributed by atoms with Crippen molar-refractivity contribution in [2.45, 2.75) is 41.5 Å². The fourth-order valence-corrected chi connectivity index (χ4v) is 2.09. The number of rotatable bonds is 0. The Morgan fingerprint density at radius 2 is 1.47 bits per heavy atom. The molecule has 1 aliphatic rings. The van der Waals surface area contributed by atoms with Crippen molar-refractivity contribution in [3.8, 4) is 0 Å². The second-order valence-corrected chi connectivity index (χ2v) is 8.68. The first-order valence-electron chi connectivity index (χ1n) is 5.83. The van der Waals surface area contributed by atoms with Crippen LogP contribution in [0.3, 0.4) is 0 Å². The number of carbonyl (C=O) groups excluding carboxylic acids is 3. The third-order valence-electron chi connectivity index (χ3n) is 3.84. The van der Waals surface area contributed by atoms with Crippen LogP contribution in [0.4, 0.5) is 0 Å². The quantitative estimate of drug-likeness (QED) is 0.552. The average Bonchev–Trinajstić information content (AvgIpc) is 2.38. The molecule has 0 radical (unpaired) electrons. The molecule has 4 heteroatoms. The second kappa shape index (κ2) is 7.47. The Bertz CT molecular complexity index is 583. The SMILES string of the molecule is CC1=[C-]C(C)C(C)(C)C(C)=C1C.O=[C]=[Re](=[C]=O)=[C]=O. The molecule has 0 saturated heterocycles. The maximum absolute atomic E-state index is 9.40. The predicted octanol–water partition coefficient (Wildman–Crippen LogP) is 2.55. The van der Waals surface area contributed by atoms with Gasteiger partial charge in [0.25, 0.3) is 0 Å². The Balaban J connectivity index is 0.000000399. The zero-order chi connectivity index (χ0) is 15.2. The van der Waals surface area contributed by atoms with Crippen LogP contribution in [0, 0.1) is 17.4 Å². The van der Waals surface area contributed by atoms with E-state index < -0.39 is 15.4 Å². The van der Waals surface area contributed by atoms with Crippen LogP contribution in [-0.2, 0) is 29.8 Å². The predicted molar refractivity (Wildman–Crippen MR) is 70.8 cm³/mol. The fourth-order valence-electron chi connectivity index (χ4n) is 1.75. The topological polar surface area (TPSA) is 51.2 Å². The van der Waals surface area contributed by atoms with Crippen molar-refractivity contribution in [1.82, 2.24) is 0 Å². The Hall–Kier alpha value is -1.12. The van der Waals surface area contributed by atoms with Gasteiger partial charge in [0.1, 0.15) is 0 Å². The number of hydrogen-bond donors (Lipinski definition) is 0. The molecule has 0 N–H and O–H groups in total. The van der Waals surface area contributed by atoms with E-state index in [-0.39, 0.29) is 0 Å². The van der Waals surface area contributed by atoms with Gasteiger partial charge in [-0.25, -0.2) is 5.57 Å². The molecule has 0 saturated carbocycles. The van der Waals surface area contributed by atoms with E-state index in [9.17, 15) is 14.4 Å². The molecule has 0 fully saturated rings. The molecule has 0 heterocycles.